The predicted octanol–water partition coefficient (Wildman–Crippen LogP) is 4.12. The molecule has 2 heterocycles. The lowest BCUT2D eigenvalue weighted by atomic mass is 10.2. The van der Waals surface area contributed by atoms with Crippen LogP contribution in [0.2, 0.25) is 0 Å². The highest BCUT2D eigenvalue weighted by atomic mass is 32.2. The van der Waals surface area contributed by atoms with Gasteiger partial charge in [0.2, 0.25) is 5.91 Å². The number of amides is 1. The minimum atomic E-state index is -0.224. The first-order valence-corrected chi connectivity index (χ1v) is 12.9. The number of carbonyl (C=O) groups excluding carboxylic acids is 1. The molecule has 4 rings (SSSR count). The quantitative estimate of drug-likeness (QED) is 0.400. The Labute approximate surface area is 210 Å². The van der Waals surface area contributed by atoms with Crippen molar-refractivity contribution < 1.29 is 19.0 Å². The Morgan fingerprint density at radius 3 is 2.69 bits per heavy atom. The van der Waals surface area contributed by atoms with E-state index in [1.807, 2.05) is 41.0 Å². The molecule has 1 amide bonds. The standard InChI is InChI=1S/C26H32N4O4S/c1-4-19-9-11-20(12-10-19)32-16-24-28-29-26(30(24)14-18(2)3)35-17-25(31)27-13-21-15-33-22-7-5-6-8-23(22)34-21/h5-12,18,21H,4,13-17H2,1-3H3,(H,27,31). The zero-order valence-corrected chi connectivity index (χ0v) is 21.2. The highest BCUT2D eigenvalue weighted by Crippen LogP contribution is 2.30. The Kier molecular flexibility index (Phi) is 8.52. The SMILES string of the molecule is CCc1ccc(OCc2nnc(SCC(=O)NCC3COc4ccccc4O3)n2CC(C)C)cc1. The summed E-state index contributed by atoms with van der Waals surface area (Å²) in [7, 11) is 0. The molecule has 0 fully saturated rings. The van der Waals surface area contributed by atoms with Crippen LogP contribution in [0.3, 0.4) is 0 Å². The van der Waals surface area contributed by atoms with E-state index in [0.29, 0.717) is 36.6 Å². The number of hydrogen-bond acceptors (Lipinski definition) is 7. The normalized spacial score (nSPS) is 14.7. The highest BCUT2D eigenvalue weighted by molar-refractivity contribution is 7.99. The molecule has 1 unspecified atom stereocenters. The number of benzene rings is 2. The van der Waals surface area contributed by atoms with Gasteiger partial charge in [0.1, 0.15) is 25.1 Å². The Hall–Kier alpha value is -3.20. The number of ether oxygens (including phenoxy) is 3. The van der Waals surface area contributed by atoms with E-state index < -0.39 is 0 Å². The molecule has 2 aromatic carbocycles. The largest absolute Gasteiger partial charge is 0.486 e. The average molecular weight is 497 g/mol. The molecule has 1 aliphatic heterocycles. The summed E-state index contributed by atoms with van der Waals surface area (Å²) in [6.07, 6.45) is 0.769. The molecule has 0 saturated carbocycles. The molecular formula is C26H32N4O4S. The third-order valence-electron chi connectivity index (χ3n) is 5.47. The second-order valence-electron chi connectivity index (χ2n) is 8.78. The topological polar surface area (TPSA) is 87.5 Å². The van der Waals surface area contributed by atoms with Gasteiger partial charge in [-0.05, 0) is 42.2 Å². The van der Waals surface area contributed by atoms with E-state index in [2.05, 4.69) is 48.4 Å². The van der Waals surface area contributed by atoms with E-state index in [9.17, 15) is 4.79 Å². The van der Waals surface area contributed by atoms with Gasteiger partial charge in [0.25, 0.3) is 0 Å². The number of nitrogens with zero attached hydrogens (tertiary/aromatic N) is 3. The second-order valence-corrected chi connectivity index (χ2v) is 9.72. The average Bonchev–Trinajstić information content (AvgIpc) is 3.25. The number of para-hydroxylation sites is 2. The molecule has 0 radical (unpaired) electrons. The van der Waals surface area contributed by atoms with E-state index >= 15 is 0 Å². The van der Waals surface area contributed by atoms with Gasteiger partial charge in [-0.2, -0.15) is 0 Å². The molecule has 9 heteroatoms. The maximum Gasteiger partial charge on any atom is 0.230 e. The summed E-state index contributed by atoms with van der Waals surface area (Å²) in [6.45, 7) is 8.25. The fourth-order valence-electron chi connectivity index (χ4n) is 3.62. The fraction of sp³-hybridized carbons (Fsp3) is 0.423. The monoisotopic (exact) mass is 496 g/mol. The molecular weight excluding hydrogens is 464 g/mol. The molecule has 1 aromatic heterocycles. The first-order valence-electron chi connectivity index (χ1n) is 11.9. The molecule has 0 spiro atoms. The number of aromatic nitrogens is 3. The van der Waals surface area contributed by atoms with Crippen molar-refractivity contribution in [1.82, 2.24) is 20.1 Å². The van der Waals surface area contributed by atoms with Crippen LogP contribution < -0.4 is 19.5 Å². The third-order valence-corrected chi connectivity index (χ3v) is 6.43. The van der Waals surface area contributed by atoms with Crippen molar-refractivity contribution in [3.63, 3.8) is 0 Å². The third kappa shape index (κ3) is 6.91. The van der Waals surface area contributed by atoms with Gasteiger partial charge in [0.15, 0.2) is 22.5 Å². The van der Waals surface area contributed by atoms with Crippen molar-refractivity contribution in [2.24, 2.45) is 5.92 Å². The van der Waals surface area contributed by atoms with Gasteiger partial charge in [0.05, 0.1) is 12.3 Å². The van der Waals surface area contributed by atoms with Crippen molar-refractivity contribution in [3.05, 3.63) is 59.9 Å². The first kappa shape index (κ1) is 24.9. The van der Waals surface area contributed by atoms with Crippen molar-refractivity contribution >= 4 is 17.7 Å². The van der Waals surface area contributed by atoms with Crippen LogP contribution in [0.1, 0.15) is 32.2 Å². The van der Waals surface area contributed by atoms with Crippen molar-refractivity contribution in [2.75, 3.05) is 18.9 Å². The van der Waals surface area contributed by atoms with Crippen LogP contribution in [0.15, 0.2) is 53.7 Å². The molecule has 0 saturated heterocycles. The van der Waals surface area contributed by atoms with Crippen LogP contribution in [0.5, 0.6) is 17.2 Å². The van der Waals surface area contributed by atoms with Gasteiger partial charge in [0, 0.05) is 6.54 Å². The zero-order valence-electron chi connectivity index (χ0n) is 20.4. The molecule has 1 aliphatic rings. The minimum absolute atomic E-state index is 0.0923. The highest BCUT2D eigenvalue weighted by Gasteiger charge is 2.21. The Bertz CT molecular complexity index is 1120. The molecule has 0 bridgehead atoms. The van der Waals surface area contributed by atoms with Crippen molar-refractivity contribution in [3.8, 4) is 17.2 Å². The minimum Gasteiger partial charge on any atom is -0.486 e. The zero-order chi connectivity index (χ0) is 24.6. The summed E-state index contributed by atoms with van der Waals surface area (Å²) in [5, 5.41) is 12.3. The smallest absolute Gasteiger partial charge is 0.230 e. The number of aryl methyl sites for hydroxylation is 1. The van der Waals surface area contributed by atoms with E-state index in [-0.39, 0.29) is 17.8 Å². The van der Waals surface area contributed by atoms with Gasteiger partial charge in [-0.3, -0.25) is 4.79 Å². The predicted molar refractivity (Wildman–Crippen MR) is 135 cm³/mol. The van der Waals surface area contributed by atoms with E-state index in [1.165, 1.54) is 17.3 Å². The molecule has 3 aromatic rings. The molecule has 1 atom stereocenters. The number of hydrogen-bond donors (Lipinski definition) is 1. The summed E-state index contributed by atoms with van der Waals surface area (Å²) >= 11 is 1.37. The number of rotatable bonds is 11. The van der Waals surface area contributed by atoms with E-state index in [0.717, 1.165) is 30.3 Å². The Balaban J connectivity index is 1.29. The summed E-state index contributed by atoms with van der Waals surface area (Å²) in [5.74, 6) is 3.51. The van der Waals surface area contributed by atoms with Gasteiger partial charge in [-0.1, -0.05) is 56.8 Å². The lowest BCUT2D eigenvalue weighted by Crippen LogP contribution is -2.41. The summed E-state index contributed by atoms with van der Waals surface area (Å²) < 4.78 is 19.6. The van der Waals surface area contributed by atoms with Crippen LogP contribution in [-0.4, -0.2) is 45.7 Å². The maximum atomic E-state index is 12.5. The molecule has 186 valence electrons. The van der Waals surface area contributed by atoms with Crippen LogP contribution in [-0.2, 0) is 24.4 Å². The van der Waals surface area contributed by atoms with E-state index in [4.69, 9.17) is 14.2 Å². The molecule has 8 nitrogen and oxygen atoms in total. The van der Waals surface area contributed by atoms with Crippen LogP contribution in [0, 0.1) is 5.92 Å². The number of fused-ring (bicyclic) bond motifs is 1. The van der Waals surface area contributed by atoms with Gasteiger partial charge >= 0.3 is 0 Å². The van der Waals surface area contributed by atoms with Crippen LogP contribution >= 0.6 is 11.8 Å². The van der Waals surface area contributed by atoms with E-state index in [1.54, 1.807) is 0 Å². The Morgan fingerprint density at radius 2 is 1.94 bits per heavy atom. The first-order chi connectivity index (χ1) is 17.0. The van der Waals surface area contributed by atoms with Gasteiger partial charge < -0.3 is 24.1 Å². The number of carbonyl (C=O) groups is 1. The summed E-state index contributed by atoms with van der Waals surface area (Å²) in [6, 6.07) is 15.6. The fourth-order valence-corrected chi connectivity index (χ4v) is 4.42. The molecule has 35 heavy (non-hydrogen) atoms. The Morgan fingerprint density at radius 1 is 1.17 bits per heavy atom. The second kappa shape index (κ2) is 12.0. The molecule has 0 aliphatic carbocycles. The molecule has 1 N–H and O–H groups in total. The maximum absolute atomic E-state index is 12.5. The van der Waals surface area contributed by atoms with Crippen LogP contribution in [0.4, 0.5) is 0 Å². The van der Waals surface area contributed by atoms with Crippen molar-refractivity contribution in [1.29, 1.82) is 0 Å². The van der Waals surface area contributed by atoms with Crippen LogP contribution in [0.25, 0.3) is 0 Å². The van der Waals surface area contributed by atoms with Gasteiger partial charge in [-0.15, -0.1) is 10.2 Å². The summed E-state index contributed by atoms with van der Waals surface area (Å²) in [5.41, 5.74) is 1.27. The van der Waals surface area contributed by atoms with Crippen molar-refractivity contribution in [2.45, 2.75) is 51.6 Å². The lowest BCUT2D eigenvalue weighted by Gasteiger charge is -2.26. The lowest BCUT2D eigenvalue weighted by molar-refractivity contribution is -0.119. The number of thioether (sulfide) groups is 1. The number of nitrogens with one attached hydrogen (secondary N) is 1. The van der Waals surface area contributed by atoms with Gasteiger partial charge in [-0.25, -0.2) is 0 Å². The summed E-state index contributed by atoms with van der Waals surface area (Å²) in [4.78, 5) is 12.5.